The van der Waals surface area contributed by atoms with E-state index in [0.717, 1.165) is 19.4 Å². The van der Waals surface area contributed by atoms with Crippen molar-refractivity contribution in [2.75, 3.05) is 13.1 Å². The van der Waals surface area contributed by atoms with Crippen LogP contribution in [0.25, 0.3) is 0 Å². The van der Waals surface area contributed by atoms with Crippen LogP contribution in [0.4, 0.5) is 4.39 Å². The fraction of sp³-hybridized carbons (Fsp3) is 0.429. The first-order chi connectivity index (χ1) is 9.11. The Labute approximate surface area is 111 Å². The highest BCUT2D eigenvalue weighted by atomic mass is 19.1. The molecule has 1 amide bonds. The summed E-state index contributed by atoms with van der Waals surface area (Å²) >= 11 is 0. The van der Waals surface area contributed by atoms with Gasteiger partial charge in [0.05, 0.1) is 11.5 Å². The molecule has 0 spiro atoms. The van der Waals surface area contributed by atoms with Crippen molar-refractivity contribution in [2.24, 2.45) is 11.7 Å². The van der Waals surface area contributed by atoms with E-state index in [4.69, 9.17) is 11.0 Å². The second-order valence-electron chi connectivity index (χ2n) is 4.87. The van der Waals surface area contributed by atoms with Gasteiger partial charge in [0.15, 0.2) is 0 Å². The first-order valence-corrected chi connectivity index (χ1v) is 6.31. The van der Waals surface area contributed by atoms with E-state index in [-0.39, 0.29) is 17.4 Å². The van der Waals surface area contributed by atoms with E-state index in [1.165, 1.54) is 6.07 Å². The number of nitrogens with two attached hydrogens (primary N) is 1. The number of carbonyl (C=O) groups excluding carboxylic acids is 1. The highest BCUT2D eigenvalue weighted by molar-refractivity contribution is 5.76. The van der Waals surface area contributed by atoms with Crippen LogP contribution in [0, 0.1) is 23.1 Å². The van der Waals surface area contributed by atoms with Crippen LogP contribution in [0.15, 0.2) is 18.2 Å². The Balaban J connectivity index is 2.09. The summed E-state index contributed by atoms with van der Waals surface area (Å²) in [5, 5.41) is 8.80. The van der Waals surface area contributed by atoms with Crippen LogP contribution >= 0.6 is 0 Å². The molecule has 1 heterocycles. The van der Waals surface area contributed by atoms with Crippen LogP contribution in [0.2, 0.25) is 0 Å². The molecule has 1 saturated heterocycles. The quantitative estimate of drug-likeness (QED) is 0.894. The summed E-state index contributed by atoms with van der Waals surface area (Å²) in [6, 6.07) is 6.64. The fourth-order valence-corrected chi connectivity index (χ4v) is 2.46. The number of halogens is 1. The normalized spacial score (nSPS) is 19.9. The van der Waals surface area contributed by atoms with Gasteiger partial charge >= 0.3 is 0 Å². The van der Waals surface area contributed by atoms with E-state index in [2.05, 4.69) is 0 Å². The van der Waals surface area contributed by atoms with Crippen molar-refractivity contribution < 1.29 is 9.18 Å². The number of carbonyl (C=O) groups is 1. The van der Waals surface area contributed by atoms with Gasteiger partial charge in [-0.25, -0.2) is 4.39 Å². The van der Waals surface area contributed by atoms with Gasteiger partial charge in [-0.1, -0.05) is 12.1 Å². The van der Waals surface area contributed by atoms with Crippen molar-refractivity contribution in [2.45, 2.75) is 19.4 Å². The lowest BCUT2D eigenvalue weighted by Gasteiger charge is -2.31. The molecule has 1 unspecified atom stereocenters. The first kappa shape index (κ1) is 13.5. The molecule has 1 aliphatic heterocycles. The van der Waals surface area contributed by atoms with Gasteiger partial charge in [-0.3, -0.25) is 9.69 Å². The Morgan fingerprint density at radius 3 is 3.05 bits per heavy atom. The van der Waals surface area contributed by atoms with Gasteiger partial charge in [0.1, 0.15) is 11.9 Å². The molecule has 1 aliphatic rings. The van der Waals surface area contributed by atoms with Gasteiger partial charge in [-0.2, -0.15) is 5.26 Å². The van der Waals surface area contributed by atoms with Crippen LogP contribution in [0.5, 0.6) is 0 Å². The zero-order valence-electron chi connectivity index (χ0n) is 10.6. The third kappa shape index (κ3) is 3.09. The lowest BCUT2D eigenvalue weighted by atomic mass is 9.97. The van der Waals surface area contributed by atoms with E-state index < -0.39 is 5.82 Å². The molecule has 0 saturated carbocycles. The summed E-state index contributed by atoms with van der Waals surface area (Å²) in [5.74, 6) is -0.918. The highest BCUT2D eigenvalue weighted by Crippen LogP contribution is 2.20. The summed E-state index contributed by atoms with van der Waals surface area (Å²) in [6.07, 6.45) is 1.68. The monoisotopic (exact) mass is 261 g/mol. The summed E-state index contributed by atoms with van der Waals surface area (Å²) in [6.45, 7) is 1.79. The maximum Gasteiger partial charge on any atom is 0.221 e. The molecule has 5 heteroatoms. The second kappa shape index (κ2) is 5.81. The topological polar surface area (TPSA) is 70.1 Å². The van der Waals surface area contributed by atoms with Crippen LogP contribution < -0.4 is 5.73 Å². The predicted molar refractivity (Wildman–Crippen MR) is 68.3 cm³/mol. The minimum absolute atomic E-state index is 0.0564. The third-order valence-electron chi connectivity index (χ3n) is 3.50. The number of nitrogens with zero attached hydrogens (tertiary/aromatic N) is 2. The molecule has 1 aromatic carbocycles. The molecule has 2 rings (SSSR count). The zero-order valence-corrected chi connectivity index (χ0v) is 10.6. The number of rotatable bonds is 3. The van der Waals surface area contributed by atoms with Crippen molar-refractivity contribution in [3.05, 3.63) is 35.1 Å². The van der Waals surface area contributed by atoms with Crippen LogP contribution in [0.1, 0.15) is 24.0 Å². The summed E-state index contributed by atoms with van der Waals surface area (Å²) in [4.78, 5) is 13.2. The van der Waals surface area contributed by atoms with Gasteiger partial charge in [0.2, 0.25) is 5.91 Å². The van der Waals surface area contributed by atoms with Gasteiger partial charge < -0.3 is 5.73 Å². The number of amides is 1. The Kier molecular flexibility index (Phi) is 4.13. The summed E-state index contributed by atoms with van der Waals surface area (Å²) < 4.78 is 13.9. The molecule has 0 bridgehead atoms. The van der Waals surface area contributed by atoms with Crippen molar-refractivity contribution >= 4 is 5.91 Å². The van der Waals surface area contributed by atoms with Gasteiger partial charge in [-0.15, -0.1) is 0 Å². The number of hydrogen-bond donors (Lipinski definition) is 1. The molecule has 100 valence electrons. The fourth-order valence-electron chi connectivity index (χ4n) is 2.46. The number of primary amides is 1. The standard InChI is InChI=1S/C14H16FN3O/c15-13-10(7-16)3-1-4-11(13)8-18-6-2-5-12(9-18)14(17)19/h1,3-4,12H,2,5-6,8-9H2,(H2,17,19). The van der Waals surface area contributed by atoms with E-state index >= 15 is 0 Å². The largest absolute Gasteiger partial charge is 0.369 e. The van der Waals surface area contributed by atoms with Crippen molar-refractivity contribution in [1.29, 1.82) is 5.26 Å². The molecule has 0 radical (unpaired) electrons. The molecular formula is C14H16FN3O. The third-order valence-corrected chi connectivity index (χ3v) is 3.50. The van der Waals surface area contributed by atoms with Crippen molar-refractivity contribution in [3.63, 3.8) is 0 Å². The highest BCUT2D eigenvalue weighted by Gasteiger charge is 2.24. The smallest absolute Gasteiger partial charge is 0.221 e. The lowest BCUT2D eigenvalue weighted by molar-refractivity contribution is -0.123. The first-order valence-electron chi connectivity index (χ1n) is 6.31. The maximum atomic E-state index is 13.9. The average Bonchev–Trinajstić information content (AvgIpc) is 2.41. The molecule has 0 aromatic heterocycles. The number of piperidine rings is 1. The van der Waals surface area contributed by atoms with Gasteiger partial charge in [0, 0.05) is 18.7 Å². The van der Waals surface area contributed by atoms with E-state index in [9.17, 15) is 9.18 Å². The van der Waals surface area contributed by atoms with E-state index in [0.29, 0.717) is 18.7 Å². The van der Waals surface area contributed by atoms with Gasteiger partial charge in [-0.05, 0) is 25.5 Å². The van der Waals surface area contributed by atoms with Crippen LogP contribution in [-0.2, 0) is 11.3 Å². The minimum Gasteiger partial charge on any atom is -0.369 e. The number of hydrogen-bond acceptors (Lipinski definition) is 3. The molecule has 4 nitrogen and oxygen atoms in total. The number of nitriles is 1. The average molecular weight is 261 g/mol. The Morgan fingerprint density at radius 1 is 1.58 bits per heavy atom. The maximum absolute atomic E-state index is 13.9. The minimum atomic E-state index is -0.466. The van der Waals surface area contributed by atoms with Crippen LogP contribution in [0.3, 0.4) is 0 Å². The Hall–Kier alpha value is -1.93. The SMILES string of the molecule is N#Cc1cccc(CN2CCCC(C(N)=O)C2)c1F. The van der Waals surface area contributed by atoms with Crippen molar-refractivity contribution in [1.82, 2.24) is 4.90 Å². The summed E-state index contributed by atoms with van der Waals surface area (Å²) in [5.41, 5.74) is 5.86. The van der Waals surface area contributed by atoms with Crippen LogP contribution in [-0.4, -0.2) is 23.9 Å². The molecular weight excluding hydrogens is 245 g/mol. The predicted octanol–water partition coefficient (Wildman–Crippen LogP) is 1.39. The molecule has 1 aromatic rings. The number of likely N-dealkylation sites (tertiary alicyclic amines) is 1. The summed E-state index contributed by atoms with van der Waals surface area (Å²) in [7, 11) is 0. The van der Waals surface area contributed by atoms with E-state index in [1.807, 2.05) is 11.0 Å². The zero-order chi connectivity index (χ0) is 13.8. The molecule has 2 N–H and O–H groups in total. The lowest BCUT2D eigenvalue weighted by Crippen LogP contribution is -2.40. The van der Waals surface area contributed by atoms with Gasteiger partial charge in [0.25, 0.3) is 0 Å². The second-order valence-corrected chi connectivity index (χ2v) is 4.87. The molecule has 1 atom stereocenters. The Bertz CT molecular complexity index is 524. The number of benzene rings is 1. The Morgan fingerprint density at radius 2 is 2.37 bits per heavy atom. The molecule has 0 aliphatic carbocycles. The van der Waals surface area contributed by atoms with E-state index in [1.54, 1.807) is 12.1 Å². The molecule has 1 fully saturated rings. The molecule has 19 heavy (non-hydrogen) atoms. The van der Waals surface area contributed by atoms with Crippen molar-refractivity contribution in [3.8, 4) is 6.07 Å².